The van der Waals surface area contributed by atoms with Crippen molar-refractivity contribution < 1.29 is 9.53 Å². The second kappa shape index (κ2) is 8.54. The van der Waals surface area contributed by atoms with Crippen LogP contribution in [0.5, 0.6) is 0 Å². The van der Waals surface area contributed by atoms with Crippen LogP contribution in [-0.4, -0.2) is 49.7 Å². The van der Waals surface area contributed by atoms with Gasteiger partial charge in [0.25, 0.3) is 0 Å². The van der Waals surface area contributed by atoms with Gasteiger partial charge in [-0.2, -0.15) is 0 Å². The number of likely N-dealkylation sites (tertiary alicyclic amines) is 1. The van der Waals surface area contributed by atoms with Gasteiger partial charge in [-0.15, -0.1) is 0 Å². The lowest BCUT2D eigenvalue weighted by Gasteiger charge is -2.34. The van der Waals surface area contributed by atoms with Gasteiger partial charge in [0.1, 0.15) is 6.04 Å². The second-order valence-corrected chi connectivity index (χ2v) is 5.93. The van der Waals surface area contributed by atoms with Gasteiger partial charge >= 0.3 is 5.97 Å². The van der Waals surface area contributed by atoms with Gasteiger partial charge in [-0.05, 0) is 31.8 Å². The fraction of sp³-hybridized carbons (Fsp3) is 0.933. The molecule has 1 unspecified atom stereocenters. The highest BCUT2D eigenvalue weighted by molar-refractivity contribution is 5.76. The topological polar surface area (TPSA) is 41.6 Å². The van der Waals surface area contributed by atoms with E-state index in [-0.39, 0.29) is 12.0 Å². The molecular formula is C15H30N2O2. The number of nitrogens with one attached hydrogen (secondary N) is 1. The van der Waals surface area contributed by atoms with Crippen LogP contribution in [-0.2, 0) is 9.53 Å². The standard InChI is InChI=1S/C15H30N2O2/c1-5-6-13-7-9-17(10-8-13)11-14(15(18)19-4)16-12(2)3/h12-14,16H,5-11H2,1-4H3. The fourth-order valence-corrected chi connectivity index (χ4v) is 2.86. The van der Waals surface area contributed by atoms with Crippen molar-refractivity contribution >= 4 is 5.97 Å². The number of piperidine rings is 1. The first kappa shape index (κ1) is 16.4. The third-order valence-electron chi connectivity index (χ3n) is 3.87. The molecule has 19 heavy (non-hydrogen) atoms. The minimum Gasteiger partial charge on any atom is -0.468 e. The van der Waals surface area contributed by atoms with Crippen molar-refractivity contribution in [2.75, 3.05) is 26.7 Å². The number of carbonyl (C=O) groups excluding carboxylic acids is 1. The zero-order valence-electron chi connectivity index (χ0n) is 12.9. The van der Waals surface area contributed by atoms with Crippen LogP contribution < -0.4 is 5.32 Å². The van der Waals surface area contributed by atoms with E-state index < -0.39 is 0 Å². The minimum atomic E-state index is -0.201. The first-order valence-corrected chi connectivity index (χ1v) is 7.63. The molecule has 0 saturated carbocycles. The Hall–Kier alpha value is -0.610. The Labute approximate surface area is 117 Å². The fourth-order valence-electron chi connectivity index (χ4n) is 2.86. The van der Waals surface area contributed by atoms with Crippen LogP contribution in [0.3, 0.4) is 0 Å². The molecule has 1 rings (SSSR count). The summed E-state index contributed by atoms with van der Waals surface area (Å²) in [6, 6.07) is 0.0921. The summed E-state index contributed by atoms with van der Waals surface area (Å²) < 4.78 is 4.89. The smallest absolute Gasteiger partial charge is 0.324 e. The summed E-state index contributed by atoms with van der Waals surface area (Å²) in [4.78, 5) is 14.2. The summed E-state index contributed by atoms with van der Waals surface area (Å²) in [6.07, 6.45) is 5.16. The number of hydrogen-bond donors (Lipinski definition) is 1. The van der Waals surface area contributed by atoms with Gasteiger partial charge in [0.05, 0.1) is 7.11 Å². The summed E-state index contributed by atoms with van der Waals surface area (Å²) in [5, 5.41) is 3.30. The van der Waals surface area contributed by atoms with Gasteiger partial charge in [-0.3, -0.25) is 4.79 Å². The predicted molar refractivity (Wildman–Crippen MR) is 78.1 cm³/mol. The van der Waals surface area contributed by atoms with E-state index in [9.17, 15) is 4.79 Å². The zero-order chi connectivity index (χ0) is 14.3. The van der Waals surface area contributed by atoms with Crippen molar-refractivity contribution in [3.63, 3.8) is 0 Å². The third kappa shape index (κ3) is 5.91. The summed E-state index contributed by atoms with van der Waals surface area (Å²) in [5.41, 5.74) is 0. The number of carbonyl (C=O) groups is 1. The second-order valence-electron chi connectivity index (χ2n) is 5.93. The van der Waals surface area contributed by atoms with Crippen molar-refractivity contribution in [3.8, 4) is 0 Å². The van der Waals surface area contributed by atoms with E-state index in [0.29, 0.717) is 6.04 Å². The SMILES string of the molecule is CCCC1CCN(CC(NC(C)C)C(=O)OC)CC1. The van der Waals surface area contributed by atoms with Crippen molar-refractivity contribution in [1.29, 1.82) is 0 Å². The normalized spacial score (nSPS) is 19.6. The molecule has 0 aliphatic carbocycles. The Balaban J connectivity index is 2.40. The maximum absolute atomic E-state index is 11.8. The largest absolute Gasteiger partial charge is 0.468 e. The highest BCUT2D eigenvalue weighted by atomic mass is 16.5. The molecule has 1 aliphatic heterocycles. The first-order valence-electron chi connectivity index (χ1n) is 7.63. The molecule has 0 aromatic rings. The molecule has 4 heteroatoms. The lowest BCUT2D eigenvalue weighted by atomic mass is 9.92. The molecule has 112 valence electrons. The van der Waals surface area contributed by atoms with Gasteiger partial charge in [0, 0.05) is 12.6 Å². The van der Waals surface area contributed by atoms with Crippen LogP contribution in [0.4, 0.5) is 0 Å². The summed E-state index contributed by atoms with van der Waals surface area (Å²) in [5.74, 6) is 0.736. The van der Waals surface area contributed by atoms with Crippen LogP contribution >= 0.6 is 0 Å². The Morgan fingerprint density at radius 1 is 1.37 bits per heavy atom. The van der Waals surface area contributed by atoms with Crippen LogP contribution in [0.2, 0.25) is 0 Å². The van der Waals surface area contributed by atoms with Gasteiger partial charge in [0.2, 0.25) is 0 Å². The quantitative estimate of drug-likeness (QED) is 0.719. The Bertz CT molecular complexity index is 261. The molecule has 0 aromatic carbocycles. The lowest BCUT2D eigenvalue weighted by molar-refractivity contribution is -0.144. The Morgan fingerprint density at radius 2 is 2.00 bits per heavy atom. The summed E-state index contributed by atoms with van der Waals surface area (Å²) in [6.45, 7) is 9.36. The van der Waals surface area contributed by atoms with Gasteiger partial charge in [-0.1, -0.05) is 33.6 Å². The average molecular weight is 270 g/mol. The lowest BCUT2D eigenvalue weighted by Crippen LogP contribution is -2.50. The molecule has 1 aliphatic rings. The maximum atomic E-state index is 11.8. The number of hydrogen-bond acceptors (Lipinski definition) is 4. The van der Waals surface area contributed by atoms with Crippen LogP contribution in [0, 0.1) is 5.92 Å². The van der Waals surface area contributed by atoms with Gasteiger partial charge < -0.3 is 15.0 Å². The van der Waals surface area contributed by atoms with Gasteiger partial charge in [0.15, 0.2) is 0 Å². The van der Waals surface area contributed by atoms with Crippen molar-refractivity contribution in [3.05, 3.63) is 0 Å². The molecule has 0 amide bonds. The van der Waals surface area contributed by atoms with E-state index in [2.05, 4.69) is 31.0 Å². The number of ether oxygens (including phenoxy) is 1. The Kier molecular flexibility index (Phi) is 7.39. The molecule has 1 fully saturated rings. The highest BCUT2D eigenvalue weighted by Crippen LogP contribution is 2.21. The maximum Gasteiger partial charge on any atom is 0.324 e. The molecule has 1 heterocycles. The Morgan fingerprint density at radius 3 is 2.47 bits per heavy atom. The number of esters is 1. The van der Waals surface area contributed by atoms with Crippen LogP contribution in [0.25, 0.3) is 0 Å². The molecular weight excluding hydrogens is 240 g/mol. The number of nitrogens with zero attached hydrogens (tertiary/aromatic N) is 1. The zero-order valence-corrected chi connectivity index (χ0v) is 12.9. The number of methoxy groups -OCH3 is 1. The predicted octanol–water partition coefficient (Wildman–Crippen LogP) is 2.04. The van der Waals surface area contributed by atoms with E-state index in [4.69, 9.17) is 4.74 Å². The summed E-state index contributed by atoms with van der Waals surface area (Å²) in [7, 11) is 1.46. The summed E-state index contributed by atoms with van der Waals surface area (Å²) >= 11 is 0. The number of rotatable bonds is 7. The van der Waals surface area contributed by atoms with Gasteiger partial charge in [-0.25, -0.2) is 0 Å². The van der Waals surface area contributed by atoms with Crippen molar-refractivity contribution in [2.24, 2.45) is 5.92 Å². The molecule has 1 saturated heterocycles. The molecule has 1 atom stereocenters. The van der Waals surface area contributed by atoms with Crippen molar-refractivity contribution in [1.82, 2.24) is 10.2 Å². The highest BCUT2D eigenvalue weighted by Gasteiger charge is 2.25. The van der Waals surface area contributed by atoms with E-state index >= 15 is 0 Å². The van der Waals surface area contributed by atoms with E-state index in [1.807, 2.05) is 0 Å². The molecule has 0 aromatic heterocycles. The molecule has 1 N–H and O–H groups in total. The van der Waals surface area contributed by atoms with Crippen LogP contribution in [0.1, 0.15) is 46.5 Å². The third-order valence-corrected chi connectivity index (χ3v) is 3.87. The first-order chi connectivity index (χ1) is 9.06. The molecule has 4 nitrogen and oxygen atoms in total. The minimum absolute atomic E-state index is 0.149. The van der Waals surface area contributed by atoms with Crippen LogP contribution in [0.15, 0.2) is 0 Å². The van der Waals surface area contributed by atoms with E-state index in [1.54, 1.807) is 0 Å². The molecule has 0 radical (unpaired) electrons. The molecule has 0 bridgehead atoms. The molecule has 0 spiro atoms. The monoisotopic (exact) mass is 270 g/mol. The van der Waals surface area contributed by atoms with E-state index in [1.165, 1.54) is 32.8 Å². The van der Waals surface area contributed by atoms with Crippen molar-refractivity contribution in [2.45, 2.75) is 58.5 Å². The average Bonchev–Trinajstić information content (AvgIpc) is 2.39. The van der Waals surface area contributed by atoms with E-state index in [0.717, 1.165) is 25.6 Å².